The lowest BCUT2D eigenvalue weighted by Gasteiger charge is -2.29. The molecule has 0 bridgehead atoms. The minimum absolute atomic E-state index is 0.0343. The van der Waals surface area contributed by atoms with Gasteiger partial charge in [0.15, 0.2) is 0 Å². The van der Waals surface area contributed by atoms with E-state index in [1.807, 2.05) is 25.7 Å². The summed E-state index contributed by atoms with van der Waals surface area (Å²) in [4.78, 5) is 14.2. The van der Waals surface area contributed by atoms with Crippen molar-refractivity contribution in [1.29, 1.82) is 0 Å². The molecule has 1 amide bonds. The van der Waals surface area contributed by atoms with Gasteiger partial charge in [-0.25, -0.2) is 0 Å². The van der Waals surface area contributed by atoms with Gasteiger partial charge in [0.25, 0.3) is 15.9 Å². The fraction of sp³-hybridized carbons (Fsp3) is 0.500. The first kappa shape index (κ1) is 17.5. The molecule has 23 heavy (non-hydrogen) atoms. The molecule has 0 spiro atoms. The summed E-state index contributed by atoms with van der Waals surface area (Å²) in [5.74, 6) is 0.182. The zero-order valence-corrected chi connectivity index (χ0v) is 14.8. The third-order valence-electron chi connectivity index (χ3n) is 3.87. The molecule has 1 heterocycles. The second-order valence-corrected chi connectivity index (χ2v) is 7.30. The normalized spacial score (nSPS) is 17.2. The van der Waals surface area contributed by atoms with Gasteiger partial charge in [-0.15, -0.1) is 4.40 Å². The number of nitrogens with one attached hydrogen (secondary N) is 1. The number of carbonyl (C=O) groups excluding carboxylic acids is 1. The Morgan fingerprint density at radius 2 is 2.04 bits per heavy atom. The van der Waals surface area contributed by atoms with Gasteiger partial charge in [-0.3, -0.25) is 4.79 Å². The lowest BCUT2D eigenvalue weighted by molar-refractivity contribution is 0.0939. The van der Waals surface area contributed by atoms with E-state index in [9.17, 15) is 13.2 Å². The second kappa shape index (κ2) is 6.70. The minimum atomic E-state index is -3.77. The van der Waals surface area contributed by atoms with E-state index in [2.05, 4.69) is 9.71 Å². The van der Waals surface area contributed by atoms with E-state index in [-0.39, 0.29) is 16.8 Å². The Morgan fingerprint density at radius 3 is 2.65 bits per heavy atom. The Bertz CT molecular complexity index is 741. The highest BCUT2D eigenvalue weighted by Gasteiger charge is 2.29. The first-order valence-electron chi connectivity index (χ1n) is 7.84. The third kappa shape index (κ3) is 3.55. The van der Waals surface area contributed by atoms with Gasteiger partial charge < -0.3 is 10.2 Å². The van der Waals surface area contributed by atoms with Gasteiger partial charge in [-0.2, -0.15) is 8.42 Å². The van der Waals surface area contributed by atoms with Crippen molar-refractivity contribution in [2.75, 3.05) is 11.4 Å². The van der Waals surface area contributed by atoms with E-state index in [0.29, 0.717) is 23.6 Å². The van der Waals surface area contributed by atoms with E-state index in [4.69, 9.17) is 0 Å². The first-order valence-corrected chi connectivity index (χ1v) is 9.28. The van der Waals surface area contributed by atoms with Crippen LogP contribution in [0.1, 0.15) is 50.9 Å². The van der Waals surface area contributed by atoms with Crippen LogP contribution in [0.15, 0.2) is 27.5 Å². The summed E-state index contributed by atoms with van der Waals surface area (Å²) in [6.07, 6.45) is 1.67. The summed E-state index contributed by atoms with van der Waals surface area (Å²) in [6, 6.07) is 4.80. The van der Waals surface area contributed by atoms with Crippen molar-refractivity contribution >= 4 is 27.5 Å². The standard InChI is InChI=1S/C16H23N3O3S/c1-5-9-19-12(4)18-23(21,22)15-10-13(7-8-14(15)19)16(20)17-11(3)6-2/h7-8,10-11H,5-6,9H2,1-4H3,(H,17,20). The van der Waals surface area contributed by atoms with Gasteiger partial charge in [0.05, 0.1) is 5.69 Å². The van der Waals surface area contributed by atoms with Crippen LogP contribution in [0.4, 0.5) is 5.69 Å². The lowest BCUT2D eigenvalue weighted by Crippen LogP contribution is -2.35. The maximum Gasteiger partial charge on any atom is 0.286 e. The molecular formula is C16H23N3O3S. The van der Waals surface area contributed by atoms with Crippen LogP contribution in [-0.4, -0.2) is 32.7 Å². The van der Waals surface area contributed by atoms with E-state index < -0.39 is 10.0 Å². The highest BCUT2D eigenvalue weighted by molar-refractivity contribution is 7.90. The summed E-state index contributed by atoms with van der Waals surface area (Å²) < 4.78 is 28.5. The molecule has 7 heteroatoms. The largest absolute Gasteiger partial charge is 0.350 e. The van der Waals surface area contributed by atoms with Crippen LogP contribution >= 0.6 is 0 Å². The molecule has 0 aromatic heterocycles. The van der Waals surface area contributed by atoms with Crippen molar-refractivity contribution in [3.05, 3.63) is 23.8 Å². The quantitative estimate of drug-likeness (QED) is 0.895. The van der Waals surface area contributed by atoms with Gasteiger partial charge in [-0.1, -0.05) is 13.8 Å². The first-order chi connectivity index (χ1) is 10.8. The van der Waals surface area contributed by atoms with Gasteiger partial charge >= 0.3 is 0 Å². The molecule has 0 saturated carbocycles. The average molecular weight is 337 g/mol. The van der Waals surface area contributed by atoms with Crippen LogP contribution in [0.2, 0.25) is 0 Å². The monoisotopic (exact) mass is 337 g/mol. The number of anilines is 1. The maximum atomic E-state index is 12.3. The Morgan fingerprint density at radius 1 is 1.35 bits per heavy atom. The predicted octanol–water partition coefficient (Wildman–Crippen LogP) is 2.55. The molecule has 0 aliphatic carbocycles. The number of fused-ring (bicyclic) bond motifs is 1. The zero-order chi connectivity index (χ0) is 17.2. The number of carbonyl (C=O) groups is 1. The highest BCUT2D eigenvalue weighted by Crippen LogP contribution is 2.32. The maximum absolute atomic E-state index is 12.3. The molecule has 0 radical (unpaired) electrons. The molecule has 1 aliphatic heterocycles. The summed E-state index contributed by atoms with van der Waals surface area (Å²) in [5.41, 5.74) is 0.915. The topological polar surface area (TPSA) is 78.8 Å². The van der Waals surface area contributed by atoms with Crippen molar-refractivity contribution in [2.24, 2.45) is 4.40 Å². The van der Waals surface area contributed by atoms with Crippen molar-refractivity contribution in [3.8, 4) is 0 Å². The molecule has 126 valence electrons. The Labute approximate surface area is 137 Å². The Balaban J connectivity index is 2.45. The molecule has 1 aromatic rings. The Kier molecular flexibility index (Phi) is 5.09. The lowest BCUT2D eigenvalue weighted by atomic mass is 10.1. The fourth-order valence-electron chi connectivity index (χ4n) is 2.45. The zero-order valence-electron chi connectivity index (χ0n) is 14.0. The molecule has 1 atom stereocenters. The summed E-state index contributed by atoms with van der Waals surface area (Å²) in [7, 11) is -3.77. The number of hydrogen-bond acceptors (Lipinski definition) is 4. The van der Waals surface area contributed by atoms with Crippen LogP contribution in [0.5, 0.6) is 0 Å². The molecule has 0 fully saturated rings. The summed E-state index contributed by atoms with van der Waals surface area (Å²) >= 11 is 0. The van der Waals surface area contributed by atoms with Crippen LogP contribution < -0.4 is 10.2 Å². The fourth-order valence-corrected chi connectivity index (χ4v) is 3.71. The average Bonchev–Trinajstić information content (AvgIpc) is 2.50. The van der Waals surface area contributed by atoms with Crippen LogP contribution in [-0.2, 0) is 10.0 Å². The van der Waals surface area contributed by atoms with Gasteiger partial charge in [0.2, 0.25) is 0 Å². The molecule has 0 saturated heterocycles. The van der Waals surface area contributed by atoms with Crippen LogP contribution in [0, 0.1) is 0 Å². The molecule has 1 aromatic carbocycles. The van der Waals surface area contributed by atoms with Gasteiger partial charge in [0, 0.05) is 18.2 Å². The second-order valence-electron chi connectivity index (χ2n) is 5.73. The van der Waals surface area contributed by atoms with Crippen molar-refractivity contribution < 1.29 is 13.2 Å². The number of amidine groups is 1. The number of benzene rings is 1. The summed E-state index contributed by atoms with van der Waals surface area (Å²) in [6.45, 7) is 8.26. The summed E-state index contributed by atoms with van der Waals surface area (Å²) in [5, 5.41) is 2.84. The Hall–Kier alpha value is -1.89. The van der Waals surface area contributed by atoms with Crippen molar-refractivity contribution in [3.63, 3.8) is 0 Å². The SMILES string of the molecule is CCCN1C(C)=NS(=O)(=O)c2cc(C(=O)NC(C)CC)ccc21. The van der Waals surface area contributed by atoms with E-state index >= 15 is 0 Å². The van der Waals surface area contributed by atoms with Gasteiger partial charge in [0.1, 0.15) is 10.7 Å². The number of sulfonamides is 1. The minimum Gasteiger partial charge on any atom is -0.350 e. The number of rotatable bonds is 5. The molecule has 1 N–H and O–H groups in total. The van der Waals surface area contributed by atoms with Crippen LogP contribution in [0.25, 0.3) is 0 Å². The van der Waals surface area contributed by atoms with E-state index in [1.54, 1.807) is 19.1 Å². The highest BCUT2D eigenvalue weighted by atomic mass is 32.2. The number of nitrogens with zero attached hydrogens (tertiary/aromatic N) is 2. The molecular weight excluding hydrogens is 314 g/mol. The third-order valence-corrected chi connectivity index (χ3v) is 5.26. The molecule has 1 aliphatic rings. The van der Waals surface area contributed by atoms with Crippen molar-refractivity contribution in [2.45, 2.75) is 51.5 Å². The molecule has 2 rings (SSSR count). The van der Waals surface area contributed by atoms with Crippen LogP contribution in [0.3, 0.4) is 0 Å². The predicted molar refractivity (Wildman–Crippen MR) is 91.6 cm³/mol. The van der Waals surface area contributed by atoms with Gasteiger partial charge in [-0.05, 0) is 44.9 Å². The van der Waals surface area contributed by atoms with E-state index in [0.717, 1.165) is 12.8 Å². The molecule has 1 unspecified atom stereocenters. The molecule has 6 nitrogen and oxygen atoms in total. The van der Waals surface area contributed by atoms with Crippen molar-refractivity contribution in [1.82, 2.24) is 5.32 Å². The number of amides is 1. The number of hydrogen-bond donors (Lipinski definition) is 1. The van der Waals surface area contributed by atoms with E-state index in [1.165, 1.54) is 6.07 Å². The smallest absolute Gasteiger partial charge is 0.286 e.